The summed E-state index contributed by atoms with van der Waals surface area (Å²) in [6.07, 6.45) is 0. The van der Waals surface area contributed by atoms with Crippen molar-refractivity contribution in [3.63, 3.8) is 0 Å². The van der Waals surface area contributed by atoms with Crippen molar-refractivity contribution < 1.29 is 9.53 Å². The molecule has 0 heterocycles. The molecule has 0 aliphatic heterocycles. The van der Waals surface area contributed by atoms with Crippen molar-refractivity contribution in [3.05, 3.63) is 50.9 Å². The lowest BCUT2D eigenvalue weighted by Gasteiger charge is -2.10. The molecule has 0 saturated heterocycles. The Morgan fingerprint density at radius 2 is 1.95 bits per heavy atom. The van der Waals surface area contributed by atoms with Crippen LogP contribution in [-0.4, -0.2) is 13.0 Å². The predicted octanol–water partition coefficient (Wildman–Crippen LogP) is 4.05. The number of amides is 1. The summed E-state index contributed by atoms with van der Waals surface area (Å²) in [7, 11) is 1.53. The number of hydrogen-bond donors (Lipinski definition) is 2. The fraction of sp³-hybridized carbons (Fsp3) is 0.0714. The number of nitrogens with one attached hydrogen (secondary N) is 1. The maximum Gasteiger partial charge on any atom is 0.255 e. The Bertz CT molecular complexity index is 660. The standard InChI is InChI=1S/C14H12Br2N2O2/c1-20-13-5-2-8(6-11(13)17)14(19)18-12-7-9(15)3-4-10(12)16/h2-7H,17H2,1H3,(H,18,19). The van der Waals surface area contributed by atoms with Crippen LogP contribution in [-0.2, 0) is 0 Å². The van der Waals surface area contributed by atoms with Gasteiger partial charge in [0, 0.05) is 14.5 Å². The zero-order valence-electron chi connectivity index (χ0n) is 10.6. The van der Waals surface area contributed by atoms with Crippen LogP contribution in [0.15, 0.2) is 45.3 Å². The number of anilines is 2. The van der Waals surface area contributed by atoms with Gasteiger partial charge in [-0.25, -0.2) is 0 Å². The normalized spacial score (nSPS) is 10.2. The first-order chi connectivity index (χ1) is 9.51. The maximum absolute atomic E-state index is 12.2. The quantitative estimate of drug-likeness (QED) is 0.765. The van der Waals surface area contributed by atoms with Crippen LogP contribution in [0.25, 0.3) is 0 Å². The minimum absolute atomic E-state index is 0.238. The average Bonchev–Trinajstić information content (AvgIpc) is 2.42. The first-order valence-electron chi connectivity index (χ1n) is 5.71. The Hall–Kier alpha value is -1.53. The van der Waals surface area contributed by atoms with E-state index in [2.05, 4.69) is 37.2 Å². The van der Waals surface area contributed by atoms with Gasteiger partial charge in [0.1, 0.15) is 5.75 Å². The molecule has 20 heavy (non-hydrogen) atoms. The van der Waals surface area contributed by atoms with Crippen molar-refractivity contribution in [2.75, 3.05) is 18.2 Å². The summed E-state index contributed by atoms with van der Waals surface area (Å²) in [5.74, 6) is 0.309. The third kappa shape index (κ3) is 3.32. The summed E-state index contributed by atoms with van der Waals surface area (Å²) in [6, 6.07) is 10.5. The van der Waals surface area contributed by atoms with E-state index >= 15 is 0 Å². The lowest BCUT2D eigenvalue weighted by Crippen LogP contribution is -2.12. The molecule has 2 aromatic rings. The van der Waals surface area contributed by atoms with Crippen LogP contribution in [0.1, 0.15) is 10.4 Å². The number of carbonyl (C=O) groups is 1. The SMILES string of the molecule is COc1ccc(C(=O)Nc2cc(Br)ccc2Br)cc1N. The smallest absolute Gasteiger partial charge is 0.255 e. The van der Waals surface area contributed by atoms with E-state index in [1.807, 2.05) is 18.2 Å². The summed E-state index contributed by atoms with van der Waals surface area (Å²) in [5.41, 5.74) is 7.37. The largest absolute Gasteiger partial charge is 0.495 e. The molecule has 2 rings (SSSR count). The van der Waals surface area contributed by atoms with Gasteiger partial charge in [-0.3, -0.25) is 4.79 Å². The van der Waals surface area contributed by atoms with Gasteiger partial charge in [0.05, 0.1) is 18.5 Å². The van der Waals surface area contributed by atoms with E-state index in [4.69, 9.17) is 10.5 Å². The second-order valence-corrected chi connectivity index (χ2v) is 5.81. The fourth-order valence-electron chi connectivity index (χ4n) is 1.66. The van der Waals surface area contributed by atoms with Crippen LogP contribution in [0.5, 0.6) is 5.75 Å². The molecule has 3 N–H and O–H groups in total. The van der Waals surface area contributed by atoms with Gasteiger partial charge in [-0.05, 0) is 52.3 Å². The summed E-state index contributed by atoms with van der Waals surface area (Å²) in [4.78, 5) is 12.2. The van der Waals surface area contributed by atoms with E-state index in [1.165, 1.54) is 7.11 Å². The van der Waals surface area contributed by atoms with E-state index in [0.717, 1.165) is 8.95 Å². The molecule has 0 bridgehead atoms. The van der Waals surface area contributed by atoms with Gasteiger partial charge >= 0.3 is 0 Å². The van der Waals surface area contributed by atoms with Crippen LogP contribution in [0.4, 0.5) is 11.4 Å². The van der Waals surface area contributed by atoms with Crippen molar-refractivity contribution in [1.29, 1.82) is 0 Å². The molecule has 6 heteroatoms. The van der Waals surface area contributed by atoms with Crippen molar-refractivity contribution in [3.8, 4) is 5.75 Å². The molecule has 0 radical (unpaired) electrons. The zero-order valence-corrected chi connectivity index (χ0v) is 13.8. The third-order valence-corrected chi connectivity index (χ3v) is 3.85. The highest BCUT2D eigenvalue weighted by Gasteiger charge is 2.10. The van der Waals surface area contributed by atoms with Crippen LogP contribution < -0.4 is 15.8 Å². The van der Waals surface area contributed by atoms with Gasteiger partial charge in [-0.2, -0.15) is 0 Å². The van der Waals surface area contributed by atoms with Gasteiger partial charge < -0.3 is 15.8 Å². The number of nitrogen functional groups attached to an aromatic ring is 1. The van der Waals surface area contributed by atoms with E-state index in [9.17, 15) is 4.79 Å². The number of hydrogen-bond acceptors (Lipinski definition) is 3. The highest BCUT2D eigenvalue weighted by atomic mass is 79.9. The zero-order chi connectivity index (χ0) is 14.7. The van der Waals surface area contributed by atoms with Crippen molar-refractivity contribution in [2.24, 2.45) is 0 Å². The van der Waals surface area contributed by atoms with E-state index < -0.39 is 0 Å². The Morgan fingerprint density at radius 3 is 2.60 bits per heavy atom. The monoisotopic (exact) mass is 398 g/mol. The third-order valence-electron chi connectivity index (χ3n) is 2.67. The number of carbonyl (C=O) groups excluding carboxylic acids is 1. The number of methoxy groups -OCH3 is 1. The van der Waals surface area contributed by atoms with Gasteiger partial charge in [0.2, 0.25) is 0 Å². The van der Waals surface area contributed by atoms with E-state index in [0.29, 0.717) is 22.7 Å². The van der Waals surface area contributed by atoms with Crippen molar-refractivity contribution in [1.82, 2.24) is 0 Å². The van der Waals surface area contributed by atoms with Crippen molar-refractivity contribution in [2.45, 2.75) is 0 Å². The first-order valence-corrected chi connectivity index (χ1v) is 7.30. The molecule has 0 aliphatic carbocycles. The Balaban J connectivity index is 2.24. The van der Waals surface area contributed by atoms with Crippen LogP contribution in [0.3, 0.4) is 0 Å². The predicted molar refractivity (Wildman–Crippen MR) is 87.2 cm³/mol. The summed E-state index contributed by atoms with van der Waals surface area (Å²) in [5, 5.41) is 2.82. The molecule has 104 valence electrons. The number of rotatable bonds is 3. The molecule has 0 atom stereocenters. The molecule has 0 aliphatic rings. The second-order valence-electron chi connectivity index (χ2n) is 4.04. The highest BCUT2D eigenvalue weighted by Crippen LogP contribution is 2.27. The highest BCUT2D eigenvalue weighted by molar-refractivity contribution is 9.11. The molecule has 1 amide bonds. The second kappa shape index (κ2) is 6.28. The summed E-state index contributed by atoms with van der Waals surface area (Å²) < 4.78 is 6.74. The van der Waals surface area contributed by atoms with Crippen LogP contribution in [0.2, 0.25) is 0 Å². The molecule has 4 nitrogen and oxygen atoms in total. The Labute approximate surface area is 133 Å². The lowest BCUT2D eigenvalue weighted by atomic mass is 10.1. The number of benzene rings is 2. The van der Waals surface area contributed by atoms with Crippen LogP contribution in [0, 0.1) is 0 Å². The molecule has 0 fully saturated rings. The minimum Gasteiger partial charge on any atom is -0.495 e. The van der Waals surface area contributed by atoms with Gasteiger partial charge in [-0.1, -0.05) is 15.9 Å². The molecule has 2 aromatic carbocycles. The molecule has 0 saturated carbocycles. The number of nitrogens with two attached hydrogens (primary N) is 1. The summed E-state index contributed by atoms with van der Waals surface area (Å²) in [6.45, 7) is 0. The van der Waals surface area contributed by atoms with Gasteiger partial charge in [-0.15, -0.1) is 0 Å². The topological polar surface area (TPSA) is 64.3 Å². The van der Waals surface area contributed by atoms with Crippen molar-refractivity contribution >= 4 is 49.1 Å². The maximum atomic E-state index is 12.2. The summed E-state index contributed by atoms with van der Waals surface area (Å²) >= 11 is 6.75. The number of ether oxygens (including phenoxy) is 1. The Kier molecular flexibility index (Phi) is 4.67. The molecular formula is C14H12Br2N2O2. The van der Waals surface area contributed by atoms with Crippen LogP contribution >= 0.6 is 31.9 Å². The number of halogens is 2. The first kappa shape index (κ1) is 14.9. The fourth-order valence-corrected chi connectivity index (χ4v) is 2.37. The lowest BCUT2D eigenvalue weighted by molar-refractivity contribution is 0.102. The average molecular weight is 400 g/mol. The van der Waals surface area contributed by atoms with Gasteiger partial charge in [0.15, 0.2) is 0 Å². The van der Waals surface area contributed by atoms with E-state index in [-0.39, 0.29) is 5.91 Å². The molecule has 0 aromatic heterocycles. The molecule has 0 spiro atoms. The molecule has 0 unspecified atom stereocenters. The molecular weight excluding hydrogens is 388 g/mol. The minimum atomic E-state index is -0.238. The van der Waals surface area contributed by atoms with E-state index in [1.54, 1.807) is 18.2 Å². The van der Waals surface area contributed by atoms with Gasteiger partial charge in [0.25, 0.3) is 5.91 Å². The Morgan fingerprint density at radius 1 is 1.20 bits per heavy atom.